The predicted molar refractivity (Wildman–Crippen MR) is 96.9 cm³/mol. The molecule has 2 N–H and O–H groups in total. The van der Waals surface area contributed by atoms with Crippen molar-refractivity contribution < 1.29 is 5.11 Å². The zero-order valence-electron chi connectivity index (χ0n) is 14.7. The molecule has 1 aliphatic heterocycles. The van der Waals surface area contributed by atoms with Crippen LogP contribution in [0.3, 0.4) is 0 Å². The van der Waals surface area contributed by atoms with Crippen molar-refractivity contribution in [3.63, 3.8) is 0 Å². The largest absolute Gasteiger partial charge is 0.393 e. The van der Waals surface area contributed by atoms with E-state index in [4.69, 9.17) is 0 Å². The van der Waals surface area contributed by atoms with Crippen molar-refractivity contribution >= 4 is 5.69 Å². The molecule has 1 aliphatic carbocycles. The third kappa shape index (κ3) is 4.27. The van der Waals surface area contributed by atoms with Crippen molar-refractivity contribution in [1.29, 1.82) is 0 Å². The van der Waals surface area contributed by atoms with Crippen LogP contribution in [0.5, 0.6) is 0 Å². The van der Waals surface area contributed by atoms with Gasteiger partial charge in [-0.05, 0) is 55.7 Å². The average Bonchev–Trinajstić information content (AvgIpc) is 3.01. The molecule has 3 heteroatoms. The molecule has 0 radical (unpaired) electrons. The van der Waals surface area contributed by atoms with Crippen molar-refractivity contribution in [1.82, 2.24) is 5.32 Å². The minimum Gasteiger partial charge on any atom is -0.393 e. The van der Waals surface area contributed by atoms with E-state index in [-0.39, 0.29) is 6.10 Å². The lowest BCUT2D eigenvalue weighted by Gasteiger charge is -2.32. The zero-order valence-corrected chi connectivity index (χ0v) is 14.7. The summed E-state index contributed by atoms with van der Waals surface area (Å²) in [5.74, 6) is 0. The Morgan fingerprint density at radius 3 is 2.39 bits per heavy atom. The number of nitrogens with zero attached hydrogens (tertiary/aromatic N) is 1. The lowest BCUT2D eigenvalue weighted by atomic mass is 9.88. The molecule has 3 nitrogen and oxygen atoms in total. The van der Waals surface area contributed by atoms with Gasteiger partial charge in [-0.1, -0.05) is 31.9 Å². The van der Waals surface area contributed by atoms with Crippen LogP contribution in [-0.4, -0.2) is 30.8 Å². The number of aliphatic hydroxyl groups is 1. The minimum atomic E-state index is -0.105. The Kier molecular flexibility index (Phi) is 5.27. The number of anilines is 1. The molecule has 1 aromatic rings. The Bertz CT molecular complexity index is 485. The van der Waals surface area contributed by atoms with E-state index < -0.39 is 0 Å². The molecular formula is C20H32N2O. The van der Waals surface area contributed by atoms with E-state index in [0.717, 1.165) is 32.5 Å². The van der Waals surface area contributed by atoms with Gasteiger partial charge in [-0.25, -0.2) is 0 Å². The van der Waals surface area contributed by atoms with Gasteiger partial charge in [0.15, 0.2) is 0 Å². The van der Waals surface area contributed by atoms with Gasteiger partial charge in [-0.2, -0.15) is 0 Å². The Labute approximate surface area is 141 Å². The first-order valence-electron chi connectivity index (χ1n) is 9.32. The van der Waals surface area contributed by atoms with Crippen LogP contribution in [0.15, 0.2) is 24.3 Å². The van der Waals surface area contributed by atoms with Gasteiger partial charge in [0.2, 0.25) is 0 Å². The molecular weight excluding hydrogens is 284 g/mol. The Morgan fingerprint density at radius 2 is 1.78 bits per heavy atom. The van der Waals surface area contributed by atoms with Crippen LogP contribution < -0.4 is 10.2 Å². The topological polar surface area (TPSA) is 35.5 Å². The summed E-state index contributed by atoms with van der Waals surface area (Å²) < 4.78 is 0. The van der Waals surface area contributed by atoms with Crippen molar-refractivity contribution in [2.75, 3.05) is 24.5 Å². The maximum absolute atomic E-state index is 9.63. The monoisotopic (exact) mass is 316 g/mol. The third-order valence-corrected chi connectivity index (χ3v) is 5.87. The summed E-state index contributed by atoms with van der Waals surface area (Å²) in [5.41, 5.74) is 3.16. The molecule has 23 heavy (non-hydrogen) atoms. The van der Waals surface area contributed by atoms with E-state index in [0.29, 0.717) is 11.5 Å². The predicted octanol–water partition coefficient (Wildman–Crippen LogP) is 3.88. The molecule has 1 atom stereocenters. The van der Waals surface area contributed by atoms with Gasteiger partial charge in [0.05, 0.1) is 6.10 Å². The Morgan fingerprint density at radius 1 is 1.17 bits per heavy atom. The van der Waals surface area contributed by atoms with E-state index in [2.05, 4.69) is 48.3 Å². The molecule has 0 bridgehead atoms. The lowest BCUT2D eigenvalue weighted by molar-refractivity contribution is 0.145. The maximum atomic E-state index is 9.63. The highest BCUT2D eigenvalue weighted by Gasteiger charge is 2.28. The molecule has 1 saturated heterocycles. The Hall–Kier alpha value is -1.06. The van der Waals surface area contributed by atoms with E-state index in [1.165, 1.54) is 36.9 Å². The van der Waals surface area contributed by atoms with E-state index in [9.17, 15) is 5.11 Å². The summed E-state index contributed by atoms with van der Waals surface area (Å²) in [6.07, 6.45) is 7.19. The molecule has 128 valence electrons. The second-order valence-electron chi connectivity index (χ2n) is 7.93. The fraction of sp³-hybridized carbons (Fsp3) is 0.700. The minimum absolute atomic E-state index is 0.105. The average molecular weight is 316 g/mol. The van der Waals surface area contributed by atoms with Crippen LogP contribution in [0.4, 0.5) is 5.69 Å². The van der Waals surface area contributed by atoms with Gasteiger partial charge < -0.3 is 15.3 Å². The number of benzene rings is 1. The highest BCUT2D eigenvalue weighted by Crippen LogP contribution is 2.37. The van der Waals surface area contributed by atoms with Gasteiger partial charge in [0.1, 0.15) is 0 Å². The van der Waals surface area contributed by atoms with E-state index >= 15 is 0 Å². The second-order valence-corrected chi connectivity index (χ2v) is 7.93. The number of hydrogen-bond donors (Lipinski definition) is 2. The number of rotatable bonds is 5. The molecule has 0 spiro atoms. The molecule has 3 rings (SSSR count). The number of nitrogens with one attached hydrogen (secondary N) is 1. The van der Waals surface area contributed by atoms with Crippen molar-refractivity contribution in [2.24, 2.45) is 5.41 Å². The highest BCUT2D eigenvalue weighted by molar-refractivity contribution is 5.48. The second kappa shape index (κ2) is 7.23. The summed E-state index contributed by atoms with van der Waals surface area (Å²) in [7, 11) is 0. The zero-order chi connectivity index (χ0) is 16.3. The summed E-state index contributed by atoms with van der Waals surface area (Å²) in [6, 6.07) is 9.40. The van der Waals surface area contributed by atoms with Crippen LogP contribution in [0.1, 0.15) is 64.0 Å². The van der Waals surface area contributed by atoms with Crippen LogP contribution in [0.25, 0.3) is 0 Å². The van der Waals surface area contributed by atoms with Gasteiger partial charge >= 0.3 is 0 Å². The highest BCUT2D eigenvalue weighted by atomic mass is 16.3. The van der Waals surface area contributed by atoms with E-state index in [1.807, 2.05) is 0 Å². The van der Waals surface area contributed by atoms with Gasteiger partial charge in [-0.15, -0.1) is 0 Å². The fourth-order valence-electron chi connectivity index (χ4n) is 4.02. The van der Waals surface area contributed by atoms with Gasteiger partial charge in [-0.3, -0.25) is 0 Å². The summed E-state index contributed by atoms with van der Waals surface area (Å²) >= 11 is 0. The molecule has 1 unspecified atom stereocenters. The Balaban J connectivity index is 1.54. The summed E-state index contributed by atoms with van der Waals surface area (Å²) in [6.45, 7) is 7.75. The first kappa shape index (κ1) is 16.8. The van der Waals surface area contributed by atoms with Gasteiger partial charge in [0, 0.05) is 31.4 Å². The number of aliphatic hydroxyl groups excluding tert-OH is 1. The van der Waals surface area contributed by atoms with Crippen molar-refractivity contribution in [3.05, 3.63) is 29.8 Å². The maximum Gasteiger partial charge on any atom is 0.0574 e. The number of hydrogen-bond acceptors (Lipinski definition) is 3. The molecule has 2 aliphatic rings. The smallest absolute Gasteiger partial charge is 0.0574 e. The van der Waals surface area contributed by atoms with Gasteiger partial charge in [0.25, 0.3) is 0 Å². The molecule has 0 amide bonds. The molecule has 1 aromatic carbocycles. The number of piperidine rings is 1. The molecule has 2 fully saturated rings. The normalized spacial score (nSPS) is 23.2. The standard InChI is InChI=1S/C20H32N2O/c1-16(21-15-20(2)11-3-4-12-20)17-5-7-18(8-6-17)22-13-9-19(23)10-14-22/h5-8,16,19,21,23H,3-4,9-15H2,1-2H3. The van der Waals surface area contributed by atoms with Crippen molar-refractivity contribution in [3.8, 4) is 0 Å². The molecule has 1 heterocycles. The summed E-state index contributed by atoms with van der Waals surface area (Å²) in [4.78, 5) is 2.38. The SMILES string of the molecule is CC(NCC1(C)CCCC1)c1ccc(N2CCC(O)CC2)cc1. The summed E-state index contributed by atoms with van der Waals surface area (Å²) in [5, 5.41) is 13.4. The lowest BCUT2D eigenvalue weighted by Crippen LogP contribution is -2.35. The fourth-order valence-corrected chi connectivity index (χ4v) is 4.02. The molecule has 1 saturated carbocycles. The van der Waals surface area contributed by atoms with Crippen LogP contribution in [0.2, 0.25) is 0 Å². The molecule has 0 aromatic heterocycles. The first-order chi connectivity index (χ1) is 11.1. The van der Waals surface area contributed by atoms with Crippen LogP contribution >= 0.6 is 0 Å². The third-order valence-electron chi connectivity index (χ3n) is 5.87. The van der Waals surface area contributed by atoms with Crippen LogP contribution in [0, 0.1) is 5.41 Å². The quantitative estimate of drug-likeness (QED) is 0.865. The van der Waals surface area contributed by atoms with Crippen LogP contribution in [-0.2, 0) is 0 Å². The van der Waals surface area contributed by atoms with E-state index in [1.54, 1.807) is 0 Å². The first-order valence-corrected chi connectivity index (χ1v) is 9.32. The van der Waals surface area contributed by atoms with Crippen molar-refractivity contribution in [2.45, 2.75) is 64.5 Å².